The number of nitrogens with zero attached hydrogens (tertiary/aromatic N) is 4. The van der Waals surface area contributed by atoms with Gasteiger partial charge in [0.2, 0.25) is 0 Å². The van der Waals surface area contributed by atoms with Crippen molar-refractivity contribution in [2.75, 3.05) is 31.7 Å². The third-order valence-corrected chi connectivity index (χ3v) is 7.65. The van der Waals surface area contributed by atoms with Crippen molar-refractivity contribution in [1.82, 2.24) is 19.5 Å². The molecule has 4 aromatic rings. The first-order valence-corrected chi connectivity index (χ1v) is 13.4. The number of para-hydroxylation sites is 1. The van der Waals surface area contributed by atoms with Gasteiger partial charge in [0.15, 0.2) is 21.3 Å². The Kier molecular flexibility index (Phi) is 6.10. The van der Waals surface area contributed by atoms with Crippen LogP contribution in [0.15, 0.2) is 71.8 Å². The van der Waals surface area contributed by atoms with Gasteiger partial charge in [0.05, 0.1) is 16.3 Å². The van der Waals surface area contributed by atoms with Crippen LogP contribution in [0.2, 0.25) is 0 Å². The van der Waals surface area contributed by atoms with Gasteiger partial charge in [0.25, 0.3) is 0 Å². The molecule has 176 valence electrons. The number of aromatic nitrogens is 3. The van der Waals surface area contributed by atoms with Crippen LogP contribution in [-0.2, 0) is 16.3 Å². The highest BCUT2D eigenvalue weighted by Crippen LogP contribution is 2.29. The molecule has 2 aromatic carbocycles. The lowest BCUT2D eigenvalue weighted by molar-refractivity contribution is 0.255. The second kappa shape index (κ2) is 9.19. The molecule has 0 radical (unpaired) electrons. The highest BCUT2D eigenvalue weighted by molar-refractivity contribution is 7.90. The van der Waals surface area contributed by atoms with Crippen LogP contribution in [0.25, 0.3) is 5.65 Å². The Morgan fingerprint density at radius 3 is 2.41 bits per heavy atom. The molecule has 8 heteroatoms. The molecule has 1 N–H and O–H groups in total. The standard InChI is InChI=1S/C26H29N5O2S/c1-30-16-13-21(14-17-30)20-11-9-19(10-12-20)18-25-28-26-23(7-5-15-31(26)29-25)27-22-6-3-4-8-24(22)34(2,32)33/h3-12,15,21,27H,13-14,16-18H2,1-2H3. The molecule has 0 spiro atoms. The minimum atomic E-state index is -3.36. The lowest BCUT2D eigenvalue weighted by Crippen LogP contribution is -2.29. The SMILES string of the molecule is CN1CCC(c2ccc(Cc3nc4c(Nc5ccccc5S(C)(=O)=O)cccn4n3)cc2)CC1. The number of fused-ring (bicyclic) bond motifs is 1. The van der Waals surface area contributed by atoms with E-state index in [1.807, 2.05) is 24.4 Å². The number of sulfone groups is 1. The summed E-state index contributed by atoms with van der Waals surface area (Å²) < 4.78 is 26.1. The average molecular weight is 476 g/mol. The highest BCUT2D eigenvalue weighted by Gasteiger charge is 2.18. The Balaban J connectivity index is 1.36. The number of anilines is 2. The zero-order valence-corrected chi connectivity index (χ0v) is 20.3. The lowest BCUT2D eigenvalue weighted by atomic mass is 9.89. The number of piperidine rings is 1. The minimum Gasteiger partial charge on any atom is -0.351 e. The van der Waals surface area contributed by atoms with Crippen LogP contribution in [0, 0.1) is 0 Å². The number of hydrogen-bond acceptors (Lipinski definition) is 6. The first-order valence-electron chi connectivity index (χ1n) is 11.5. The van der Waals surface area contributed by atoms with E-state index in [2.05, 4.69) is 46.6 Å². The zero-order valence-electron chi connectivity index (χ0n) is 19.5. The summed E-state index contributed by atoms with van der Waals surface area (Å²) in [4.78, 5) is 7.39. The molecule has 1 fully saturated rings. The van der Waals surface area contributed by atoms with Crippen LogP contribution in [0.5, 0.6) is 0 Å². The molecular weight excluding hydrogens is 446 g/mol. The maximum absolute atomic E-state index is 12.2. The van der Waals surface area contributed by atoms with Gasteiger partial charge in [0.1, 0.15) is 0 Å². The van der Waals surface area contributed by atoms with Gasteiger partial charge < -0.3 is 10.2 Å². The first kappa shape index (κ1) is 22.6. The van der Waals surface area contributed by atoms with Gasteiger partial charge >= 0.3 is 0 Å². The summed E-state index contributed by atoms with van der Waals surface area (Å²) in [6.07, 6.45) is 6.11. The summed E-state index contributed by atoms with van der Waals surface area (Å²) in [6, 6.07) is 19.5. The van der Waals surface area contributed by atoms with E-state index < -0.39 is 9.84 Å². The van der Waals surface area contributed by atoms with E-state index in [0.29, 0.717) is 29.4 Å². The van der Waals surface area contributed by atoms with E-state index in [0.717, 1.165) is 18.9 Å². The monoisotopic (exact) mass is 475 g/mol. The smallest absolute Gasteiger partial charge is 0.179 e. The van der Waals surface area contributed by atoms with Crippen molar-refractivity contribution in [2.45, 2.75) is 30.1 Å². The van der Waals surface area contributed by atoms with Crippen LogP contribution in [-0.4, -0.2) is 54.3 Å². The van der Waals surface area contributed by atoms with Crippen molar-refractivity contribution in [3.05, 3.63) is 83.8 Å². The molecule has 34 heavy (non-hydrogen) atoms. The number of rotatable bonds is 6. The van der Waals surface area contributed by atoms with Gasteiger partial charge in [0, 0.05) is 18.9 Å². The van der Waals surface area contributed by atoms with Crippen molar-refractivity contribution in [3.8, 4) is 0 Å². The molecule has 1 saturated heterocycles. The molecule has 0 saturated carbocycles. The van der Waals surface area contributed by atoms with Crippen molar-refractivity contribution in [2.24, 2.45) is 0 Å². The third kappa shape index (κ3) is 4.83. The van der Waals surface area contributed by atoms with Gasteiger partial charge in [-0.25, -0.2) is 17.9 Å². The summed E-state index contributed by atoms with van der Waals surface area (Å²) in [6.45, 7) is 2.31. The quantitative estimate of drug-likeness (QED) is 0.449. The molecule has 0 bridgehead atoms. The summed E-state index contributed by atoms with van der Waals surface area (Å²) in [7, 11) is -1.18. The fourth-order valence-electron chi connectivity index (χ4n) is 4.59. The van der Waals surface area contributed by atoms with Crippen LogP contribution >= 0.6 is 0 Å². The Bertz CT molecular complexity index is 1400. The molecule has 7 nitrogen and oxygen atoms in total. The average Bonchev–Trinajstić information content (AvgIpc) is 3.23. The third-order valence-electron chi connectivity index (χ3n) is 6.49. The van der Waals surface area contributed by atoms with E-state index in [4.69, 9.17) is 4.98 Å². The molecule has 3 heterocycles. The molecule has 0 atom stereocenters. The van der Waals surface area contributed by atoms with Crippen molar-refractivity contribution in [3.63, 3.8) is 0 Å². The zero-order chi connectivity index (χ0) is 23.7. The summed E-state index contributed by atoms with van der Waals surface area (Å²) in [5, 5.41) is 7.88. The molecule has 2 aromatic heterocycles. The van der Waals surface area contributed by atoms with E-state index >= 15 is 0 Å². The van der Waals surface area contributed by atoms with Crippen LogP contribution in [0.1, 0.15) is 35.7 Å². The maximum atomic E-state index is 12.2. The Morgan fingerprint density at radius 1 is 0.971 bits per heavy atom. The van der Waals surface area contributed by atoms with Gasteiger partial charge in [-0.3, -0.25) is 0 Å². The van der Waals surface area contributed by atoms with Crippen LogP contribution in [0.4, 0.5) is 11.4 Å². The highest BCUT2D eigenvalue weighted by atomic mass is 32.2. The van der Waals surface area contributed by atoms with Gasteiger partial charge in [-0.15, -0.1) is 0 Å². The first-order chi connectivity index (χ1) is 16.4. The maximum Gasteiger partial charge on any atom is 0.179 e. The topological polar surface area (TPSA) is 79.6 Å². The largest absolute Gasteiger partial charge is 0.351 e. The van der Waals surface area contributed by atoms with E-state index in [1.165, 1.54) is 30.2 Å². The Labute approximate surface area is 200 Å². The molecule has 1 aliphatic heterocycles. The second-order valence-electron chi connectivity index (χ2n) is 9.11. The van der Waals surface area contributed by atoms with Crippen molar-refractivity contribution in [1.29, 1.82) is 0 Å². The van der Waals surface area contributed by atoms with Crippen LogP contribution in [0.3, 0.4) is 0 Å². The summed E-state index contributed by atoms with van der Waals surface area (Å²) in [5.74, 6) is 1.36. The molecule has 0 amide bonds. The molecule has 0 unspecified atom stereocenters. The number of nitrogens with one attached hydrogen (secondary N) is 1. The fraction of sp³-hybridized carbons (Fsp3) is 0.308. The normalized spacial score (nSPS) is 15.6. The lowest BCUT2D eigenvalue weighted by Gasteiger charge is -2.29. The van der Waals surface area contributed by atoms with Gasteiger partial charge in [-0.1, -0.05) is 36.4 Å². The predicted octanol–water partition coefficient (Wildman–Crippen LogP) is 4.28. The van der Waals surface area contributed by atoms with E-state index in [1.54, 1.807) is 22.7 Å². The number of benzene rings is 2. The molecule has 1 aliphatic rings. The van der Waals surface area contributed by atoms with E-state index in [9.17, 15) is 8.42 Å². The molecule has 0 aliphatic carbocycles. The fourth-order valence-corrected chi connectivity index (χ4v) is 5.44. The number of likely N-dealkylation sites (tertiary alicyclic amines) is 1. The summed E-state index contributed by atoms with van der Waals surface area (Å²) in [5.41, 5.74) is 4.46. The van der Waals surface area contributed by atoms with Gasteiger partial charge in [-0.05, 0) is 74.3 Å². The van der Waals surface area contributed by atoms with Gasteiger partial charge in [-0.2, -0.15) is 5.10 Å². The molecule has 5 rings (SSSR count). The minimum absolute atomic E-state index is 0.251. The van der Waals surface area contributed by atoms with Crippen molar-refractivity contribution < 1.29 is 8.42 Å². The number of hydrogen-bond donors (Lipinski definition) is 1. The Hall–Kier alpha value is -3.23. The van der Waals surface area contributed by atoms with E-state index in [-0.39, 0.29) is 4.90 Å². The predicted molar refractivity (Wildman–Crippen MR) is 135 cm³/mol. The van der Waals surface area contributed by atoms with Crippen LogP contribution < -0.4 is 5.32 Å². The second-order valence-corrected chi connectivity index (χ2v) is 11.1. The molecular formula is C26H29N5O2S. The van der Waals surface area contributed by atoms with Crippen molar-refractivity contribution >= 4 is 26.9 Å². The summed E-state index contributed by atoms with van der Waals surface area (Å²) >= 11 is 0. The Morgan fingerprint density at radius 2 is 1.68 bits per heavy atom. The number of pyridine rings is 1.